The summed E-state index contributed by atoms with van der Waals surface area (Å²) in [7, 11) is 1.95. The van der Waals surface area contributed by atoms with Crippen LogP contribution in [0, 0.1) is 5.92 Å². The van der Waals surface area contributed by atoms with Crippen LogP contribution in [0.25, 0.3) is 0 Å². The molecule has 1 aliphatic heterocycles. The van der Waals surface area contributed by atoms with Gasteiger partial charge in [0.05, 0.1) is 0 Å². The van der Waals surface area contributed by atoms with E-state index in [2.05, 4.69) is 21.3 Å². The van der Waals surface area contributed by atoms with E-state index in [1.54, 1.807) is 0 Å². The summed E-state index contributed by atoms with van der Waals surface area (Å²) in [5, 5.41) is 3.21. The summed E-state index contributed by atoms with van der Waals surface area (Å²) in [5.41, 5.74) is 0. The van der Waals surface area contributed by atoms with E-state index < -0.39 is 0 Å². The molecular formula is C16H24N4. The molecule has 2 saturated carbocycles. The van der Waals surface area contributed by atoms with Crippen LogP contribution in [-0.2, 0) is 0 Å². The van der Waals surface area contributed by atoms with E-state index in [9.17, 15) is 0 Å². The van der Waals surface area contributed by atoms with Crippen molar-refractivity contribution in [3.05, 3.63) is 11.9 Å². The third-order valence-electron chi connectivity index (χ3n) is 5.23. The lowest BCUT2D eigenvalue weighted by Crippen LogP contribution is -2.35. The number of nitrogens with one attached hydrogen (secondary N) is 1. The molecule has 4 nitrogen and oxygen atoms in total. The Labute approximate surface area is 121 Å². The second-order valence-corrected chi connectivity index (χ2v) is 6.59. The standard InChI is InChI=1S/C16H24N4/c1-17-14-10-15(19-16(18-14)12-6-7-12)20-9-8-11-4-2-3-5-13(11)20/h10-13H,2-9H2,1H3,(H,17,18,19). The Balaban J connectivity index is 1.65. The number of aromatic nitrogens is 2. The van der Waals surface area contributed by atoms with Crippen LogP contribution in [0.1, 0.15) is 56.7 Å². The van der Waals surface area contributed by atoms with Crippen LogP contribution < -0.4 is 10.2 Å². The predicted molar refractivity (Wildman–Crippen MR) is 81.3 cm³/mol. The highest BCUT2D eigenvalue weighted by Crippen LogP contribution is 2.41. The first-order chi connectivity index (χ1) is 9.85. The fourth-order valence-corrected chi connectivity index (χ4v) is 3.94. The Morgan fingerprint density at radius 1 is 1.10 bits per heavy atom. The van der Waals surface area contributed by atoms with Crippen LogP contribution in [0.4, 0.5) is 11.6 Å². The van der Waals surface area contributed by atoms with Gasteiger partial charge in [0.2, 0.25) is 0 Å². The Morgan fingerprint density at radius 2 is 1.95 bits per heavy atom. The minimum Gasteiger partial charge on any atom is -0.373 e. The highest BCUT2D eigenvalue weighted by molar-refractivity contribution is 5.51. The van der Waals surface area contributed by atoms with E-state index in [4.69, 9.17) is 4.98 Å². The van der Waals surface area contributed by atoms with Gasteiger partial charge >= 0.3 is 0 Å². The topological polar surface area (TPSA) is 41.0 Å². The largest absolute Gasteiger partial charge is 0.373 e. The summed E-state index contributed by atoms with van der Waals surface area (Å²) in [6, 6.07) is 2.87. The van der Waals surface area contributed by atoms with Gasteiger partial charge in [-0.05, 0) is 38.0 Å². The van der Waals surface area contributed by atoms with E-state index in [1.807, 2.05) is 7.05 Å². The molecule has 0 bridgehead atoms. The molecule has 1 aromatic rings. The predicted octanol–water partition coefficient (Wildman–Crippen LogP) is 3.16. The number of hydrogen-bond donors (Lipinski definition) is 1. The zero-order valence-corrected chi connectivity index (χ0v) is 12.3. The number of hydrogen-bond acceptors (Lipinski definition) is 4. The molecule has 1 aromatic heterocycles. The van der Waals surface area contributed by atoms with Crippen molar-refractivity contribution in [2.45, 2.75) is 56.9 Å². The number of anilines is 2. The van der Waals surface area contributed by atoms with Crippen LogP contribution in [0.2, 0.25) is 0 Å². The molecule has 3 fully saturated rings. The maximum atomic E-state index is 4.89. The van der Waals surface area contributed by atoms with Gasteiger partial charge in [0, 0.05) is 31.6 Å². The van der Waals surface area contributed by atoms with Gasteiger partial charge in [-0.1, -0.05) is 12.8 Å². The maximum absolute atomic E-state index is 4.89. The second kappa shape index (κ2) is 4.90. The van der Waals surface area contributed by atoms with Crippen molar-refractivity contribution < 1.29 is 0 Å². The second-order valence-electron chi connectivity index (χ2n) is 6.59. The zero-order valence-electron chi connectivity index (χ0n) is 12.3. The smallest absolute Gasteiger partial charge is 0.136 e. The first-order valence-electron chi connectivity index (χ1n) is 8.18. The van der Waals surface area contributed by atoms with E-state index in [1.165, 1.54) is 57.3 Å². The lowest BCUT2D eigenvalue weighted by atomic mass is 9.85. The van der Waals surface area contributed by atoms with Gasteiger partial charge in [-0.25, -0.2) is 9.97 Å². The van der Waals surface area contributed by atoms with Crippen molar-refractivity contribution >= 4 is 11.6 Å². The molecule has 2 atom stereocenters. The average molecular weight is 272 g/mol. The first kappa shape index (κ1) is 12.4. The average Bonchev–Trinajstić information content (AvgIpc) is 3.26. The van der Waals surface area contributed by atoms with Crippen LogP contribution in [0.15, 0.2) is 6.07 Å². The summed E-state index contributed by atoms with van der Waals surface area (Å²) < 4.78 is 0. The Kier molecular flexibility index (Phi) is 3.04. The summed E-state index contributed by atoms with van der Waals surface area (Å²) in [4.78, 5) is 12.1. The molecule has 0 aromatic carbocycles. The molecule has 1 N–H and O–H groups in total. The minimum absolute atomic E-state index is 0.617. The molecule has 20 heavy (non-hydrogen) atoms. The van der Waals surface area contributed by atoms with E-state index >= 15 is 0 Å². The first-order valence-corrected chi connectivity index (χ1v) is 8.18. The van der Waals surface area contributed by atoms with Crippen molar-refractivity contribution in [1.29, 1.82) is 0 Å². The maximum Gasteiger partial charge on any atom is 0.136 e. The van der Waals surface area contributed by atoms with Crippen molar-refractivity contribution in [1.82, 2.24) is 9.97 Å². The van der Waals surface area contributed by atoms with E-state index in [0.29, 0.717) is 5.92 Å². The quantitative estimate of drug-likeness (QED) is 0.917. The van der Waals surface area contributed by atoms with Crippen LogP contribution in [-0.4, -0.2) is 29.6 Å². The van der Waals surface area contributed by atoms with Gasteiger partial charge in [0.25, 0.3) is 0 Å². The zero-order chi connectivity index (χ0) is 13.5. The summed E-state index contributed by atoms with van der Waals surface area (Å²) in [6.45, 7) is 1.18. The number of fused-ring (bicyclic) bond motifs is 1. The Bertz CT molecular complexity index is 497. The van der Waals surface area contributed by atoms with Gasteiger partial charge in [-0.3, -0.25) is 0 Å². The Morgan fingerprint density at radius 3 is 2.75 bits per heavy atom. The molecule has 3 aliphatic rings. The molecule has 4 rings (SSSR count). The summed E-state index contributed by atoms with van der Waals surface area (Å²) >= 11 is 0. The van der Waals surface area contributed by atoms with Gasteiger partial charge < -0.3 is 10.2 Å². The Hall–Kier alpha value is -1.32. The monoisotopic (exact) mass is 272 g/mol. The summed E-state index contributed by atoms with van der Waals surface area (Å²) in [6.07, 6.45) is 9.45. The van der Waals surface area contributed by atoms with Gasteiger partial charge in [0.1, 0.15) is 17.5 Å². The molecule has 108 valence electrons. The van der Waals surface area contributed by atoms with Crippen LogP contribution in [0.3, 0.4) is 0 Å². The molecule has 0 spiro atoms. The molecule has 0 amide bonds. The third kappa shape index (κ3) is 2.15. The number of nitrogens with zero attached hydrogens (tertiary/aromatic N) is 3. The van der Waals surface area contributed by atoms with E-state index in [0.717, 1.165) is 23.6 Å². The molecular weight excluding hydrogens is 248 g/mol. The van der Waals surface area contributed by atoms with Gasteiger partial charge in [-0.15, -0.1) is 0 Å². The highest BCUT2D eigenvalue weighted by Gasteiger charge is 2.37. The van der Waals surface area contributed by atoms with Crippen molar-refractivity contribution in [2.24, 2.45) is 5.92 Å². The summed E-state index contributed by atoms with van der Waals surface area (Å²) in [5.74, 6) is 4.73. The van der Waals surface area contributed by atoms with Crippen LogP contribution in [0.5, 0.6) is 0 Å². The van der Waals surface area contributed by atoms with Crippen molar-refractivity contribution in [2.75, 3.05) is 23.8 Å². The molecule has 2 unspecified atom stereocenters. The van der Waals surface area contributed by atoms with Crippen molar-refractivity contribution in [3.8, 4) is 0 Å². The minimum atomic E-state index is 0.617. The molecule has 0 radical (unpaired) electrons. The molecule has 4 heteroatoms. The lowest BCUT2D eigenvalue weighted by Gasteiger charge is -2.32. The third-order valence-corrected chi connectivity index (χ3v) is 5.23. The molecule has 1 saturated heterocycles. The number of rotatable bonds is 3. The fraction of sp³-hybridized carbons (Fsp3) is 0.750. The molecule has 2 heterocycles. The van der Waals surface area contributed by atoms with Gasteiger partial charge in [-0.2, -0.15) is 0 Å². The van der Waals surface area contributed by atoms with Crippen LogP contribution >= 0.6 is 0 Å². The normalized spacial score (nSPS) is 29.4. The fourth-order valence-electron chi connectivity index (χ4n) is 3.94. The lowest BCUT2D eigenvalue weighted by molar-refractivity contribution is 0.341. The van der Waals surface area contributed by atoms with E-state index in [-0.39, 0.29) is 0 Å². The molecule has 2 aliphatic carbocycles. The van der Waals surface area contributed by atoms with Crippen molar-refractivity contribution in [3.63, 3.8) is 0 Å². The SMILES string of the molecule is CNc1cc(N2CCC3CCCCC32)nc(C2CC2)n1. The highest BCUT2D eigenvalue weighted by atomic mass is 15.3. The van der Waals surface area contributed by atoms with Gasteiger partial charge in [0.15, 0.2) is 0 Å².